The van der Waals surface area contributed by atoms with Crippen LogP contribution in [0.5, 0.6) is 0 Å². The quantitative estimate of drug-likeness (QED) is 0.538. The summed E-state index contributed by atoms with van der Waals surface area (Å²) >= 11 is 0. The van der Waals surface area contributed by atoms with Gasteiger partial charge in [-0.2, -0.15) is 0 Å². The Hall–Kier alpha value is -2.03. The van der Waals surface area contributed by atoms with E-state index in [0.29, 0.717) is 23.0 Å². The summed E-state index contributed by atoms with van der Waals surface area (Å²) in [5.74, 6) is -1.25. The molecule has 0 saturated heterocycles. The first-order valence-corrected chi connectivity index (χ1v) is 8.46. The molecular formula is C21H23F3. The molecule has 0 amide bonds. The maximum absolute atomic E-state index is 14.5. The molecule has 1 aliphatic carbocycles. The third-order valence-electron chi connectivity index (χ3n) is 4.93. The van der Waals surface area contributed by atoms with Crippen molar-refractivity contribution in [3.05, 3.63) is 71.6 Å². The molecule has 1 saturated carbocycles. The summed E-state index contributed by atoms with van der Waals surface area (Å²) in [6.45, 7) is 2.04. The van der Waals surface area contributed by atoms with Crippen molar-refractivity contribution in [3.63, 3.8) is 0 Å². The van der Waals surface area contributed by atoms with Gasteiger partial charge >= 0.3 is 0 Å². The Morgan fingerprint density at radius 3 is 2.25 bits per heavy atom. The van der Waals surface area contributed by atoms with Gasteiger partial charge in [-0.25, -0.2) is 13.2 Å². The van der Waals surface area contributed by atoms with E-state index < -0.39 is 11.6 Å². The molecule has 0 bridgehead atoms. The Balaban J connectivity index is 0.00000225. The highest BCUT2D eigenvalue weighted by molar-refractivity contribution is 5.64. The highest BCUT2D eigenvalue weighted by atomic mass is 19.2. The summed E-state index contributed by atoms with van der Waals surface area (Å²) < 4.78 is 40.9. The smallest absolute Gasteiger partial charge is 0.159 e. The third-order valence-corrected chi connectivity index (χ3v) is 4.93. The maximum Gasteiger partial charge on any atom is 0.159 e. The molecule has 3 heteroatoms. The van der Waals surface area contributed by atoms with Crippen LogP contribution in [0.1, 0.15) is 45.5 Å². The van der Waals surface area contributed by atoms with Crippen LogP contribution in [0.2, 0.25) is 0 Å². The zero-order valence-corrected chi connectivity index (χ0v) is 13.7. The predicted molar refractivity (Wildman–Crippen MR) is 93.4 cm³/mol. The van der Waals surface area contributed by atoms with E-state index in [1.165, 1.54) is 6.07 Å². The molecule has 0 atom stereocenters. The first-order valence-electron chi connectivity index (χ1n) is 8.46. The van der Waals surface area contributed by atoms with Crippen molar-refractivity contribution in [3.8, 4) is 11.1 Å². The summed E-state index contributed by atoms with van der Waals surface area (Å²) in [7, 11) is 0. The number of hydrogen-bond acceptors (Lipinski definition) is 0. The van der Waals surface area contributed by atoms with Gasteiger partial charge in [0, 0.05) is 6.99 Å². The minimum absolute atomic E-state index is 0. The summed E-state index contributed by atoms with van der Waals surface area (Å²) in [6.07, 6.45) is 8.71. The first-order chi connectivity index (χ1) is 11.6. The van der Waals surface area contributed by atoms with Gasteiger partial charge in [0.1, 0.15) is 5.82 Å². The van der Waals surface area contributed by atoms with Crippen molar-refractivity contribution in [2.75, 3.05) is 0 Å². The minimum Gasteiger partial charge on any atom is -0.206 e. The van der Waals surface area contributed by atoms with Gasteiger partial charge in [-0.1, -0.05) is 30.4 Å². The van der Waals surface area contributed by atoms with Crippen molar-refractivity contribution in [1.82, 2.24) is 0 Å². The molecule has 0 heterocycles. The van der Waals surface area contributed by atoms with Crippen LogP contribution in [-0.2, 0) is 0 Å². The normalized spacial score (nSPS) is 21.3. The SMILES string of the molecule is C/C=C/C1CCC(c2ccc(-c3ccc(F)c(F)c3)c(F)c2)CC1.[HH]. The van der Waals surface area contributed by atoms with Crippen molar-refractivity contribution < 1.29 is 14.6 Å². The molecular weight excluding hydrogens is 309 g/mol. The van der Waals surface area contributed by atoms with E-state index in [9.17, 15) is 13.2 Å². The molecule has 128 valence electrons. The highest BCUT2D eigenvalue weighted by Gasteiger charge is 2.21. The molecule has 0 nitrogen and oxygen atoms in total. The van der Waals surface area contributed by atoms with Crippen LogP contribution in [0.25, 0.3) is 11.1 Å². The summed E-state index contributed by atoms with van der Waals surface area (Å²) in [6, 6.07) is 8.61. The van der Waals surface area contributed by atoms with Crippen LogP contribution in [0, 0.1) is 23.4 Å². The fourth-order valence-corrected chi connectivity index (χ4v) is 3.60. The van der Waals surface area contributed by atoms with Gasteiger partial charge in [0.15, 0.2) is 11.6 Å². The predicted octanol–water partition coefficient (Wildman–Crippen LogP) is 6.87. The van der Waals surface area contributed by atoms with Gasteiger partial charge in [0.25, 0.3) is 0 Å². The summed E-state index contributed by atoms with van der Waals surface area (Å²) in [5.41, 5.74) is 1.66. The lowest BCUT2D eigenvalue weighted by Gasteiger charge is -2.27. The molecule has 3 rings (SSSR count). The molecule has 0 N–H and O–H groups in total. The Labute approximate surface area is 142 Å². The molecule has 2 aromatic carbocycles. The van der Waals surface area contributed by atoms with Crippen molar-refractivity contribution in [1.29, 1.82) is 0 Å². The Morgan fingerprint density at radius 1 is 0.875 bits per heavy atom. The second-order valence-electron chi connectivity index (χ2n) is 6.51. The summed E-state index contributed by atoms with van der Waals surface area (Å²) in [5, 5.41) is 0. The monoisotopic (exact) mass is 332 g/mol. The molecule has 1 aliphatic rings. The van der Waals surface area contributed by atoms with Crippen LogP contribution in [0.3, 0.4) is 0 Å². The largest absolute Gasteiger partial charge is 0.206 e. The van der Waals surface area contributed by atoms with Gasteiger partial charge in [-0.3, -0.25) is 0 Å². The fourth-order valence-electron chi connectivity index (χ4n) is 3.60. The minimum atomic E-state index is -0.960. The van der Waals surface area contributed by atoms with Gasteiger partial charge < -0.3 is 0 Å². The number of benzene rings is 2. The highest BCUT2D eigenvalue weighted by Crippen LogP contribution is 2.37. The molecule has 24 heavy (non-hydrogen) atoms. The number of halogens is 3. The van der Waals surface area contributed by atoms with Crippen molar-refractivity contribution >= 4 is 0 Å². The van der Waals surface area contributed by atoms with E-state index in [4.69, 9.17) is 0 Å². The zero-order valence-electron chi connectivity index (χ0n) is 13.7. The third kappa shape index (κ3) is 3.55. The molecule has 1 fully saturated rings. The van der Waals surface area contributed by atoms with E-state index in [1.807, 2.05) is 13.0 Å². The summed E-state index contributed by atoms with van der Waals surface area (Å²) in [4.78, 5) is 0. The van der Waals surface area contributed by atoms with Gasteiger partial charge in [0.2, 0.25) is 0 Å². The number of allylic oxidation sites excluding steroid dienone is 2. The fraction of sp³-hybridized carbons (Fsp3) is 0.333. The first kappa shape index (κ1) is 16.8. The Morgan fingerprint density at radius 2 is 1.62 bits per heavy atom. The number of rotatable bonds is 3. The molecule has 2 aromatic rings. The standard InChI is InChI=1S/C21H21F3.H2/c1-2-3-14-4-6-15(7-5-14)16-8-10-18(20(23)12-16)17-9-11-19(22)21(24)13-17;/h2-3,8-15H,4-7H2,1H3;1H/b3-2+;. The maximum atomic E-state index is 14.5. The Kier molecular flexibility index (Phi) is 5.08. The van der Waals surface area contributed by atoms with E-state index in [-0.39, 0.29) is 7.24 Å². The topological polar surface area (TPSA) is 0 Å². The second-order valence-corrected chi connectivity index (χ2v) is 6.51. The lowest BCUT2D eigenvalue weighted by molar-refractivity contribution is 0.375. The second kappa shape index (κ2) is 7.25. The number of hydrogen-bond donors (Lipinski definition) is 0. The van der Waals surface area contributed by atoms with E-state index in [1.54, 1.807) is 12.1 Å². The molecule has 0 aliphatic heterocycles. The van der Waals surface area contributed by atoms with Crippen LogP contribution in [0.15, 0.2) is 48.6 Å². The van der Waals surface area contributed by atoms with E-state index in [2.05, 4.69) is 12.2 Å². The molecule has 0 aromatic heterocycles. The van der Waals surface area contributed by atoms with Gasteiger partial charge in [-0.05, 0) is 73.8 Å². The van der Waals surface area contributed by atoms with Gasteiger partial charge in [0.05, 0.1) is 0 Å². The lowest BCUT2D eigenvalue weighted by atomic mass is 9.78. The van der Waals surface area contributed by atoms with Crippen LogP contribution in [0.4, 0.5) is 13.2 Å². The van der Waals surface area contributed by atoms with E-state index in [0.717, 1.165) is 43.4 Å². The van der Waals surface area contributed by atoms with Crippen molar-refractivity contribution in [2.45, 2.75) is 38.5 Å². The van der Waals surface area contributed by atoms with Crippen LogP contribution >= 0.6 is 0 Å². The van der Waals surface area contributed by atoms with Crippen LogP contribution in [-0.4, -0.2) is 0 Å². The average molecular weight is 332 g/mol. The van der Waals surface area contributed by atoms with Crippen LogP contribution < -0.4 is 0 Å². The molecule has 0 radical (unpaired) electrons. The average Bonchev–Trinajstić information content (AvgIpc) is 2.58. The van der Waals surface area contributed by atoms with Gasteiger partial charge in [-0.15, -0.1) is 0 Å². The Bertz CT molecular complexity index is 747. The molecule has 0 unspecified atom stereocenters. The lowest BCUT2D eigenvalue weighted by Crippen LogP contribution is -2.12. The molecule has 0 spiro atoms. The van der Waals surface area contributed by atoms with E-state index >= 15 is 0 Å². The zero-order chi connectivity index (χ0) is 17.1. The van der Waals surface area contributed by atoms with Crippen molar-refractivity contribution in [2.24, 2.45) is 5.92 Å².